The molecule has 6 heteroatoms. The van der Waals surface area contributed by atoms with Crippen LogP contribution in [0.25, 0.3) is 0 Å². The molecule has 0 aromatic heterocycles. The Morgan fingerprint density at radius 1 is 1.12 bits per heavy atom. The van der Waals surface area contributed by atoms with Crippen molar-refractivity contribution in [2.24, 2.45) is 0 Å². The molecule has 0 amide bonds. The molecule has 0 bridgehead atoms. The number of alkyl halides is 3. The van der Waals surface area contributed by atoms with E-state index in [0.29, 0.717) is 5.56 Å². The van der Waals surface area contributed by atoms with Gasteiger partial charge in [0.15, 0.2) is 0 Å². The summed E-state index contributed by atoms with van der Waals surface area (Å²) in [6, 6.07) is 13.9. The maximum Gasteiger partial charge on any atom is 0.418 e. The Morgan fingerprint density at radius 2 is 1.79 bits per heavy atom. The van der Waals surface area contributed by atoms with E-state index in [1.807, 2.05) is 12.1 Å². The summed E-state index contributed by atoms with van der Waals surface area (Å²) in [5.41, 5.74) is -1.33. The lowest BCUT2D eigenvalue weighted by Gasteiger charge is -2.24. The van der Waals surface area contributed by atoms with Crippen molar-refractivity contribution in [1.29, 1.82) is 5.26 Å². The van der Waals surface area contributed by atoms with E-state index in [2.05, 4.69) is 5.32 Å². The minimum absolute atomic E-state index is 0.125. The quantitative estimate of drug-likeness (QED) is 0.858. The molecular formula is C18H17F3N2O. The summed E-state index contributed by atoms with van der Waals surface area (Å²) in [5.74, 6) is 0. The van der Waals surface area contributed by atoms with E-state index < -0.39 is 17.3 Å². The Balaban J connectivity index is 2.13. The van der Waals surface area contributed by atoms with Crippen LogP contribution in [-0.4, -0.2) is 11.7 Å². The second kappa shape index (κ2) is 6.93. The number of halogens is 3. The molecule has 2 aromatic carbocycles. The van der Waals surface area contributed by atoms with Crippen molar-refractivity contribution in [2.75, 3.05) is 11.9 Å². The van der Waals surface area contributed by atoms with Crippen molar-refractivity contribution in [3.8, 4) is 6.07 Å². The molecule has 0 heterocycles. The zero-order chi connectivity index (χ0) is 17.8. The SMILES string of the molecule is CC(O)(CCNc1cc(C#N)ccc1C(F)(F)F)c1ccccc1. The number of rotatable bonds is 5. The first-order valence-corrected chi connectivity index (χ1v) is 7.37. The largest absolute Gasteiger partial charge is 0.418 e. The molecule has 0 aliphatic carbocycles. The van der Waals surface area contributed by atoms with Crippen LogP contribution in [0, 0.1) is 11.3 Å². The van der Waals surface area contributed by atoms with Gasteiger partial charge >= 0.3 is 6.18 Å². The Morgan fingerprint density at radius 3 is 2.38 bits per heavy atom. The monoisotopic (exact) mass is 334 g/mol. The lowest BCUT2D eigenvalue weighted by molar-refractivity contribution is -0.136. The molecule has 0 saturated heterocycles. The standard InChI is InChI=1S/C18H17F3N2O/c1-17(24,14-5-3-2-4-6-14)9-10-23-16-11-13(12-22)7-8-15(16)18(19,20)21/h2-8,11,23-24H,9-10H2,1H3. The van der Waals surface area contributed by atoms with E-state index in [9.17, 15) is 18.3 Å². The number of hydrogen-bond acceptors (Lipinski definition) is 3. The molecule has 2 N–H and O–H groups in total. The van der Waals surface area contributed by atoms with E-state index in [4.69, 9.17) is 5.26 Å². The predicted octanol–water partition coefficient (Wildman–Crippen LogP) is 4.29. The third kappa shape index (κ3) is 4.27. The molecular weight excluding hydrogens is 317 g/mol. The third-order valence-corrected chi connectivity index (χ3v) is 3.78. The zero-order valence-corrected chi connectivity index (χ0v) is 13.1. The van der Waals surface area contributed by atoms with Gasteiger partial charge in [-0.1, -0.05) is 30.3 Å². The highest BCUT2D eigenvalue weighted by atomic mass is 19.4. The number of benzene rings is 2. The zero-order valence-electron chi connectivity index (χ0n) is 13.1. The van der Waals surface area contributed by atoms with Gasteiger partial charge in [-0.15, -0.1) is 0 Å². The van der Waals surface area contributed by atoms with Crippen molar-refractivity contribution < 1.29 is 18.3 Å². The first-order valence-electron chi connectivity index (χ1n) is 7.37. The number of nitriles is 1. The Hall–Kier alpha value is -2.52. The first-order chi connectivity index (χ1) is 11.2. The fourth-order valence-electron chi connectivity index (χ4n) is 2.39. The van der Waals surface area contributed by atoms with Crippen molar-refractivity contribution in [1.82, 2.24) is 0 Å². The Bertz CT molecular complexity index is 734. The lowest BCUT2D eigenvalue weighted by Crippen LogP contribution is -2.25. The van der Waals surface area contributed by atoms with E-state index in [1.165, 1.54) is 6.07 Å². The summed E-state index contributed by atoms with van der Waals surface area (Å²) in [6.07, 6.45) is -4.30. The Labute approximate surface area is 138 Å². The molecule has 24 heavy (non-hydrogen) atoms. The van der Waals surface area contributed by atoms with E-state index >= 15 is 0 Å². The molecule has 0 aliphatic heterocycles. The van der Waals surface area contributed by atoms with Gasteiger partial charge < -0.3 is 10.4 Å². The first kappa shape index (κ1) is 17.8. The van der Waals surface area contributed by atoms with Gasteiger partial charge in [-0.2, -0.15) is 18.4 Å². The van der Waals surface area contributed by atoms with Gasteiger partial charge in [0, 0.05) is 12.2 Å². The highest BCUT2D eigenvalue weighted by Gasteiger charge is 2.33. The normalized spacial score (nSPS) is 13.8. The molecule has 1 atom stereocenters. The van der Waals surface area contributed by atoms with Crippen LogP contribution in [0.3, 0.4) is 0 Å². The van der Waals surface area contributed by atoms with Gasteiger partial charge in [0.2, 0.25) is 0 Å². The lowest BCUT2D eigenvalue weighted by atomic mass is 9.92. The van der Waals surface area contributed by atoms with Crippen LogP contribution in [0.4, 0.5) is 18.9 Å². The summed E-state index contributed by atoms with van der Waals surface area (Å²) in [5, 5.41) is 22.0. The molecule has 0 aliphatic rings. The fourth-order valence-corrected chi connectivity index (χ4v) is 2.39. The molecule has 0 saturated carbocycles. The minimum Gasteiger partial charge on any atom is -0.385 e. The summed E-state index contributed by atoms with van der Waals surface area (Å²) in [6.45, 7) is 1.74. The molecule has 126 valence electrons. The number of hydrogen-bond donors (Lipinski definition) is 2. The predicted molar refractivity (Wildman–Crippen MR) is 85.3 cm³/mol. The molecule has 1 unspecified atom stereocenters. The van der Waals surface area contributed by atoms with Crippen molar-refractivity contribution >= 4 is 5.69 Å². The molecule has 0 fully saturated rings. The smallest absolute Gasteiger partial charge is 0.385 e. The fraction of sp³-hybridized carbons (Fsp3) is 0.278. The van der Waals surface area contributed by atoms with Crippen LogP contribution in [-0.2, 0) is 11.8 Å². The minimum atomic E-state index is -4.52. The van der Waals surface area contributed by atoms with Gasteiger partial charge in [0.05, 0.1) is 22.8 Å². The van der Waals surface area contributed by atoms with Gasteiger partial charge in [-0.25, -0.2) is 0 Å². The van der Waals surface area contributed by atoms with Gasteiger partial charge in [0.1, 0.15) is 0 Å². The summed E-state index contributed by atoms with van der Waals surface area (Å²) in [7, 11) is 0. The molecule has 0 spiro atoms. The summed E-state index contributed by atoms with van der Waals surface area (Å²) in [4.78, 5) is 0. The van der Waals surface area contributed by atoms with Gasteiger partial charge in [-0.3, -0.25) is 0 Å². The second-order valence-corrected chi connectivity index (χ2v) is 5.69. The summed E-state index contributed by atoms with van der Waals surface area (Å²) >= 11 is 0. The van der Waals surface area contributed by atoms with E-state index in [-0.39, 0.29) is 24.2 Å². The maximum absolute atomic E-state index is 13.0. The molecule has 2 rings (SSSR count). The number of anilines is 1. The van der Waals surface area contributed by atoms with Crippen LogP contribution >= 0.6 is 0 Å². The van der Waals surface area contributed by atoms with Crippen LogP contribution in [0.1, 0.15) is 30.0 Å². The van der Waals surface area contributed by atoms with Gasteiger partial charge in [0.25, 0.3) is 0 Å². The van der Waals surface area contributed by atoms with Crippen molar-refractivity contribution in [3.05, 3.63) is 65.2 Å². The van der Waals surface area contributed by atoms with Crippen LogP contribution in [0.15, 0.2) is 48.5 Å². The highest BCUT2D eigenvalue weighted by molar-refractivity contribution is 5.57. The Kier molecular flexibility index (Phi) is 5.15. The van der Waals surface area contributed by atoms with E-state index in [0.717, 1.165) is 12.1 Å². The topological polar surface area (TPSA) is 56.0 Å². The number of nitrogens with one attached hydrogen (secondary N) is 1. The molecule has 0 radical (unpaired) electrons. The van der Waals surface area contributed by atoms with Crippen LogP contribution < -0.4 is 5.32 Å². The second-order valence-electron chi connectivity index (χ2n) is 5.69. The molecule has 2 aromatic rings. The average molecular weight is 334 g/mol. The van der Waals surface area contributed by atoms with Gasteiger partial charge in [-0.05, 0) is 37.1 Å². The van der Waals surface area contributed by atoms with Crippen molar-refractivity contribution in [3.63, 3.8) is 0 Å². The number of aliphatic hydroxyl groups is 1. The maximum atomic E-state index is 13.0. The van der Waals surface area contributed by atoms with Crippen molar-refractivity contribution in [2.45, 2.75) is 25.1 Å². The summed E-state index contributed by atoms with van der Waals surface area (Å²) < 4.78 is 39.1. The van der Waals surface area contributed by atoms with Crippen LogP contribution in [0.5, 0.6) is 0 Å². The highest BCUT2D eigenvalue weighted by Crippen LogP contribution is 2.35. The molecule has 3 nitrogen and oxygen atoms in total. The average Bonchev–Trinajstić information content (AvgIpc) is 2.54. The van der Waals surface area contributed by atoms with Crippen LogP contribution in [0.2, 0.25) is 0 Å². The third-order valence-electron chi connectivity index (χ3n) is 3.78. The number of nitrogens with zero attached hydrogens (tertiary/aromatic N) is 1. The van der Waals surface area contributed by atoms with E-state index in [1.54, 1.807) is 31.2 Å².